The number of fused-ring (bicyclic) bond motifs is 3. The fraction of sp³-hybridized carbons (Fsp3) is 0.300. The fourth-order valence-corrected chi connectivity index (χ4v) is 5.43. The molecule has 0 saturated carbocycles. The molecule has 3 aromatic rings. The summed E-state index contributed by atoms with van der Waals surface area (Å²) in [6.45, 7) is 1.71. The maximum atomic E-state index is 12.4. The minimum Gasteiger partial charge on any atom is -0.383 e. The van der Waals surface area contributed by atoms with Crippen molar-refractivity contribution in [2.24, 2.45) is 0 Å². The number of thiophene rings is 1. The number of urea groups is 1. The van der Waals surface area contributed by atoms with Crippen LogP contribution >= 0.6 is 23.1 Å². The number of imide groups is 1. The van der Waals surface area contributed by atoms with Gasteiger partial charge in [-0.3, -0.25) is 10.1 Å². The number of nitrogens with one attached hydrogen (secondary N) is 2. The summed E-state index contributed by atoms with van der Waals surface area (Å²) in [4.78, 5) is 35.6. The first-order chi connectivity index (χ1) is 14.0. The van der Waals surface area contributed by atoms with Crippen molar-refractivity contribution in [2.45, 2.75) is 43.0 Å². The molecule has 7 nitrogen and oxygen atoms in total. The Morgan fingerprint density at radius 3 is 2.72 bits per heavy atom. The minimum absolute atomic E-state index is 0.420. The third-order valence-corrected chi connectivity index (χ3v) is 6.89. The van der Waals surface area contributed by atoms with E-state index in [2.05, 4.69) is 20.6 Å². The summed E-state index contributed by atoms with van der Waals surface area (Å²) < 4.78 is 0. The second-order valence-electron chi connectivity index (χ2n) is 6.85. The lowest BCUT2D eigenvalue weighted by Gasteiger charge is -2.12. The summed E-state index contributed by atoms with van der Waals surface area (Å²) in [5, 5.41) is 5.83. The highest BCUT2D eigenvalue weighted by Gasteiger charge is 2.23. The number of carbonyl (C=O) groups excluding carboxylic acids is 2. The van der Waals surface area contributed by atoms with E-state index in [1.54, 1.807) is 42.5 Å². The lowest BCUT2D eigenvalue weighted by Crippen LogP contribution is -2.38. The van der Waals surface area contributed by atoms with Crippen LogP contribution in [0.25, 0.3) is 10.2 Å². The Morgan fingerprint density at radius 2 is 1.93 bits per heavy atom. The van der Waals surface area contributed by atoms with Crippen LogP contribution < -0.4 is 16.4 Å². The largest absolute Gasteiger partial charge is 0.383 e. The van der Waals surface area contributed by atoms with Crippen LogP contribution in [0, 0.1) is 0 Å². The second kappa shape index (κ2) is 8.38. The molecule has 4 N–H and O–H groups in total. The molecule has 29 heavy (non-hydrogen) atoms. The third kappa shape index (κ3) is 4.35. The Bertz CT molecular complexity index is 1070. The lowest BCUT2D eigenvalue weighted by atomic mass is 9.97. The number of rotatable bonds is 4. The number of benzene rings is 1. The molecule has 1 aliphatic carbocycles. The molecule has 4 rings (SSSR count). The molecule has 1 aromatic carbocycles. The zero-order chi connectivity index (χ0) is 20.4. The van der Waals surface area contributed by atoms with Crippen molar-refractivity contribution >= 4 is 56.8 Å². The first-order valence-electron chi connectivity index (χ1n) is 9.42. The maximum absolute atomic E-state index is 12.4. The van der Waals surface area contributed by atoms with E-state index in [0.29, 0.717) is 16.7 Å². The summed E-state index contributed by atoms with van der Waals surface area (Å²) >= 11 is 2.85. The van der Waals surface area contributed by atoms with Crippen LogP contribution in [0.4, 0.5) is 16.3 Å². The average Bonchev–Trinajstić information content (AvgIpc) is 3.07. The summed E-state index contributed by atoms with van der Waals surface area (Å²) in [5.74, 6) is 0.0440. The minimum atomic E-state index is -0.574. The molecule has 2 aromatic heterocycles. The van der Waals surface area contributed by atoms with Crippen molar-refractivity contribution in [1.82, 2.24) is 15.3 Å². The molecule has 3 amide bonds. The molecule has 1 atom stereocenters. The maximum Gasteiger partial charge on any atom is 0.325 e. The van der Waals surface area contributed by atoms with Crippen molar-refractivity contribution in [3.63, 3.8) is 0 Å². The van der Waals surface area contributed by atoms with Gasteiger partial charge >= 0.3 is 6.03 Å². The van der Waals surface area contributed by atoms with Crippen LogP contribution in [-0.2, 0) is 17.6 Å². The number of hydrogen-bond acceptors (Lipinski definition) is 7. The van der Waals surface area contributed by atoms with Gasteiger partial charge in [0.15, 0.2) is 5.16 Å². The molecule has 9 heteroatoms. The van der Waals surface area contributed by atoms with E-state index >= 15 is 0 Å². The van der Waals surface area contributed by atoms with E-state index < -0.39 is 17.2 Å². The molecule has 0 radical (unpaired) electrons. The van der Waals surface area contributed by atoms with Crippen LogP contribution in [0.3, 0.4) is 0 Å². The summed E-state index contributed by atoms with van der Waals surface area (Å²) in [5.41, 5.74) is 8.12. The van der Waals surface area contributed by atoms with Gasteiger partial charge < -0.3 is 11.1 Å². The number of hydrogen-bond donors (Lipinski definition) is 3. The Balaban J connectivity index is 1.43. The lowest BCUT2D eigenvalue weighted by molar-refractivity contribution is -0.119. The Labute approximate surface area is 176 Å². The van der Waals surface area contributed by atoms with Gasteiger partial charge in [0, 0.05) is 10.6 Å². The van der Waals surface area contributed by atoms with Gasteiger partial charge in [-0.05, 0) is 50.3 Å². The van der Waals surface area contributed by atoms with Gasteiger partial charge in [0.1, 0.15) is 10.6 Å². The van der Waals surface area contributed by atoms with Gasteiger partial charge in [0.05, 0.1) is 10.6 Å². The topological polar surface area (TPSA) is 110 Å². The van der Waals surface area contributed by atoms with Crippen LogP contribution in [0.2, 0.25) is 0 Å². The summed E-state index contributed by atoms with van der Waals surface area (Å²) in [6, 6.07) is 8.37. The van der Waals surface area contributed by atoms with Crippen LogP contribution in [0.5, 0.6) is 0 Å². The number of nitrogens with two attached hydrogens (primary N) is 1. The molecular weight excluding hydrogens is 406 g/mol. The number of thioether (sulfide) groups is 1. The number of para-hydroxylation sites is 1. The predicted octanol–water partition coefficient (Wildman–Crippen LogP) is 3.98. The van der Waals surface area contributed by atoms with Crippen molar-refractivity contribution in [1.29, 1.82) is 0 Å². The SMILES string of the molecule is CC(Sc1nc(N)c2c3c(sc2n1)CCCC3)C(=O)NC(=O)Nc1ccccc1. The zero-order valence-corrected chi connectivity index (χ0v) is 17.5. The van der Waals surface area contributed by atoms with Crippen LogP contribution in [-0.4, -0.2) is 27.2 Å². The third-order valence-electron chi connectivity index (χ3n) is 4.74. The molecular formula is C20H21N5O2S2. The molecule has 2 heterocycles. The van der Waals surface area contributed by atoms with E-state index in [0.717, 1.165) is 29.5 Å². The molecule has 0 spiro atoms. The van der Waals surface area contributed by atoms with E-state index in [1.165, 1.54) is 28.6 Å². The van der Waals surface area contributed by atoms with E-state index in [-0.39, 0.29) is 0 Å². The molecule has 0 bridgehead atoms. The van der Waals surface area contributed by atoms with Gasteiger partial charge in [0.2, 0.25) is 5.91 Å². The monoisotopic (exact) mass is 427 g/mol. The molecule has 0 saturated heterocycles. The Morgan fingerprint density at radius 1 is 1.17 bits per heavy atom. The van der Waals surface area contributed by atoms with Gasteiger partial charge in [-0.1, -0.05) is 30.0 Å². The smallest absolute Gasteiger partial charge is 0.325 e. The molecule has 1 aliphatic rings. The van der Waals surface area contributed by atoms with E-state index in [9.17, 15) is 9.59 Å². The molecule has 150 valence electrons. The number of nitrogen functional groups attached to an aromatic ring is 1. The normalized spacial score (nSPS) is 14.2. The van der Waals surface area contributed by atoms with Crippen LogP contribution in [0.15, 0.2) is 35.5 Å². The van der Waals surface area contributed by atoms with Crippen molar-refractivity contribution in [3.8, 4) is 0 Å². The standard InChI is InChI=1S/C20H21N5O2S2/c1-11(17(26)24-19(27)22-12-7-3-2-4-8-12)28-20-23-16(21)15-13-9-5-6-10-14(13)29-18(15)25-20/h2-4,7-8,11H,5-6,9-10H2,1H3,(H2,21,23,25)(H2,22,24,26,27). The number of anilines is 2. The number of amides is 3. The fourth-order valence-electron chi connectivity index (χ4n) is 3.33. The van der Waals surface area contributed by atoms with Crippen molar-refractivity contribution < 1.29 is 9.59 Å². The average molecular weight is 428 g/mol. The Kier molecular flexibility index (Phi) is 5.68. The molecule has 0 aliphatic heterocycles. The quantitative estimate of drug-likeness (QED) is 0.429. The second-order valence-corrected chi connectivity index (χ2v) is 9.24. The first kappa shape index (κ1) is 19.7. The number of nitrogens with zero attached hydrogens (tertiary/aromatic N) is 2. The van der Waals surface area contributed by atoms with Gasteiger partial charge in [-0.2, -0.15) is 0 Å². The van der Waals surface area contributed by atoms with Crippen molar-refractivity contribution in [3.05, 3.63) is 40.8 Å². The predicted molar refractivity (Wildman–Crippen MR) is 117 cm³/mol. The first-order valence-corrected chi connectivity index (χ1v) is 11.1. The highest BCUT2D eigenvalue weighted by molar-refractivity contribution is 8.00. The zero-order valence-electron chi connectivity index (χ0n) is 15.9. The summed E-state index contributed by atoms with van der Waals surface area (Å²) in [6.07, 6.45) is 4.44. The number of aryl methyl sites for hydroxylation is 2. The van der Waals surface area contributed by atoms with Crippen molar-refractivity contribution in [2.75, 3.05) is 11.1 Å². The van der Waals surface area contributed by atoms with E-state index in [4.69, 9.17) is 5.73 Å². The molecule has 0 fully saturated rings. The van der Waals surface area contributed by atoms with Crippen LogP contribution in [0.1, 0.15) is 30.2 Å². The number of aromatic nitrogens is 2. The molecule has 1 unspecified atom stereocenters. The van der Waals surface area contributed by atoms with E-state index in [1.807, 2.05) is 6.07 Å². The Hall–Kier alpha value is -2.65. The highest BCUT2D eigenvalue weighted by atomic mass is 32.2. The van der Waals surface area contributed by atoms with Gasteiger partial charge in [-0.25, -0.2) is 14.8 Å². The van der Waals surface area contributed by atoms with Gasteiger partial charge in [0.25, 0.3) is 0 Å². The highest BCUT2D eigenvalue weighted by Crippen LogP contribution is 2.38. The summed E-state index contributed by atoms with van der Waals surface area (Å²) in [7, 11) is 0. The van der Waals surface area contributed by atoms with Gasteiger partial charge in [-0.15, -0.1) is 11.3 Å². The number of carbonyl (C=O) groups is 2.